The molecule has 0 saturated carbocycles. The summed E-state index contributed by atoms with van der Waals surface area (Å²) in [6, 6.07) is 22.3. The molecular weight excluding hydrogens is 382 g/mol. The fourth-order valence-electron chi connectivity index (χ4n) is 3.81. The highest BCUT2D eigenvalue weighted by molar-refractivity contribution is 7.99. The molecule has 0 bridgehead atoms. The van der Waals surface area contributed by atoms with Gasteiger partial charge in [-0.15, -0.1) is 5.10 Å². The second kappa shape index (κ2) is 7.67. The molecule has 0 atom stereocenters. The molecule has 0 fully saturated rings. The van der Waals surface area contributed by atoms with Crippen LogP contribution in [0, 0.1) is 0 Å². The third-order valence-corrected chi connectivity index (χ3v) is 6.08. The van der Waals surface area contributed by atoms with E-state index in [1.54, 1.807) is 4.68 Å². The number of carbonyl (C=O) groups excluding carboxylic acids is 1. The summed E-state index contributed by atoms with van der Waals surface area (Å²) in [6.45, 7) is 0.755. The van der Waals surface area contributed by atoms with Crippen LogP contribution < -0.4 is 4.90 Å². The fraction of sp³-hybridized carbons (Fsp3) is 0.182. The number of fused-ring (bicyclic) bond motifs is 2. The van der Waals surface area contributed by atoms with Gasteiger partial charge in [-0.1, -0.05) is 66.4 Å². The number of thioether (sulfide) groups is 1. The fourth-order valence-corrected chi connectivity index (χ4v) is 4.57. The van der Waals surface area contributed by atoms with Crippen molar-refractivity contribution in [2.24, 2.45) is 0 Å². The van der Waals surface area contributed by atoms with Crippen LogP contribution in [0.3, 0.4) is 0 Å². The standard InChI is InChI=1S/C22H19N5OS/c28-21(26-14-6-10-17-8-2-4-12-19(17)26)15-29-22-23-24-25-27(22)20-13-5-9-16-7-1-3-11-18(16)20/h1-5,7-9,11-13H,6,10,14-15H2. The first-order chi connectivity index (χ1) is 14.3. The molecule has 4 aromatic rings. The second-order valence-electron chi connectivity index (χ2n) is 6.94. The van der Waals surface area contributed by atoms with Crippen LogP contribution in [0.5, 0.6) is 0 Å². The van der Waals surface area contributed by atoms with Crippen LogP contribution in [-0.4, -0.2) is 38.4 Å². The normalized spacial score (nSPS) is 13.4. The number of amides is 1. The van der Waals surface area contributed by atoms with Crippen LogP contribution in [0.2, 0.25) is 0 Å². The van der Waals surface area contributed by atoms with Crippen molar-refractivity contribution in [2.75, 3.05) is 17.2 Å². The van der Waals surface area contributed by atoms with E-state index >= 15 is 0 Å². The van der Waals surface area contributed by atoms with E-state index in [9.17, 15) is 4.79 Å². The molecule has 1 aliphatic heterocycles. The van der Waals surface area contributed by atoms with Crippen molar-refractivity contribution in [1.82, 2.24) is 20.2 Å². The number of carbonyl (C=O) groups is 1. The molecule has 0 aliphatic carbocycles. The highest BCUT2D eigenvalue weighted by Crippen LogP contribution is 2.29. The van der Waals surface area contributed by atoms with Gasteiger partial charge in [0.1, 0.15) is 0 Å². The lowest BCUT2D eigenvalue weighted by Gasteiger charge is -2.29. The van der Waals surface area contributed by atoms with Gasteiger partial charge in [0, 0.05) is 17.6 Å². The Labute approximate surface area is 172 Å². The van der Waals surface area contributed by atoms with Gasteiger partial charge in [-0.05, 0) is 46.4 Å². The number of hydrogen-bond donors (Lipinski definition) is 0. The zero-order valence-corrected chi connectivity index (χ0v) is 16.5. The molecule has 1 amide bonds. The van der Waals surface area contributed by atoms with Gasteiger partial charge in [0.15, 0.2) is 0 Å². The van der Waals surface area contributed by atoms with Crippen LogP contribution in [0.4, 0.5) is 5.69 Å². The Morgan fingerprint density at radius 3 is 2.72 bits per heavy atom. The number of aryl methyl sites for hydroxylation is 1. The maximum atomic E-state index is 12.9. The van der Waals surface area contributed by atoms with Gasteiger partial charge in [-0.3, -0.25) is 4.79 Å². The molecule has 0 unspecified atom stereocenters. The molecular formula is C22H19N5OS. The topological polar surface area (TPSA) is 63.9 Å². The Balaban J connectivity index is 1.38. The van der Waals surface area contributed by atoms with Crippen molar-refractivity contribution in [3.05, 3.63) is 72.3 Å². The molecule has 0 radical (unpaired) electrons. The minimum Gasteiger partial charge on any atom is -0.311 e. The summed E-state index contributed by atoms with van der Waals surface area (Å²) < 4.78 is 1.71. The first kappa shape index (κ1) is 17.9. The van der Waals surface area contributed by atoms with Crippen molar-refractivity contribution in [3.8, 4) is 5.69 Å². The highest BCUT2D eigenvalue weighted by Gasteiger charge is 2.23. The molecule has 29 heavy (non-hydrogen) atoms. The lowest BCUT2D eigenvalue weighted by molar-refractivity contribution is -0.116. The number of anilines is 1. The molecule has 0 spiro atoms. The third-order valence-electron chi connectivity index (χ3n) is 5.17. The van der Waals surface area contributed by atoms with Gasteiger partial charge in [0.2, 0.25) is 11.1 Å². The molecule has 1 aromatic heterocycles. The molecule has 144 valence electrons. The third kappa shape index (κ3) is 3.38. The van der Waals surface area contributed by atoms with Crippen molar-refractivity contribution < 1.29 is 4.79 Å². The minimum atomic E-state index is 0.0784. The Hall–Kier alpha value is -3.19. The van der Waals surface area contributed by atoms with Crippen molar-refractivity contribution >= 4 is 34.1 Å². The van der Waals surface area contributed by atoms with Crippen molar-refractivity contribution in [3.63, 3.8) is 0 Å². The van der Waals surface area contributed by atoms with Crippen LogP contribution >= 0.6 is 11.8 Å². The monoisotopic (exact) mass is 401 g/mol. The molecule has 1 aliphatic rings. The summed E-state index contributed by atoms with van der Waals surface area (Å²) in [5, 5.41) is 15.0. The number of hydrogen-bond acceptors (Lipinski definition) is 5. The summed E-state index contributed by atoms with van der Waals surface area (Å²) in [7, 11) is 0. The lowest BCUT2D eigenvalue weighted by Crippen LogP contribution is -2.36. The summed E-state index contributed by atoms with van der Waals surface area (Å²) in [5.41, 5.74) is 3.17. The van der Waals surface area contributed by atoms with Gasteiger partial charge in [0.05, 0.1) is 11.4 Å². The Morgan fingerprint density at radius 1 is 0.966 bits per heavy atom. The van der Waals surface area contributed by atoms with Crippen LogP contribution in [0.1, 0.15) is 12.0 Å². The molecule has 2 heterocycles. The predicted molar refractivity (Wildman–Crippen MR) is 115 cm³/mol. The zero-order valence-electron chi connectivity index (χ0n) is 15.7. The quantitative estimate of drug-likeness (QED) is 0.486. The Bertz CT molecular complexity index is 1180. The lowest BCUT2D eigenvalue weighted by atomic mass is 10.0. The maximum absolute atomic E-state index is 12.9. The van der Waals surface area contributed by atoms with E-state index in [1.165, 1.54) is 17.3 Å². The van der Waals surface area contributed by atoms with Gasteiger partial charge in [-0.25, -0.2) is 0 Å². The van der Waals surface area contributed by atoms with Crippen molar-refractivity contribution in [1.29, 1.82) is 0 Å². The summed E-state index contributed by atoms with van der Waals surface area (Å²) >= 11 is 1.37. The average molecular weight is 401 g/mol. The number of para-hydroxylation sites is 1. The van der Waals surface area contributed by atoms with E-state index < -0.39 is 0 Å². The summed E-state index contributed by atoms with van der Waals surface area (Å²) in [5.74, 6) is 0.369. The number of benzene rings is 3. The van der Waals surface area contributed by atoms with Crippen molar-refractivity contribution in [2.45, 2.75) is 18.0 Å². The van der Waals surface area contributed by atoms with E-state index in [0.717, 1.165) is 41.5 Å². The second-order valence-corrected chi connectivity index (χ2v) is 7.88. The van der Waals surface area contributed by atoms with Crippen LogP contribution in [0.15, 0.2) is 71.9 Å². The highest BCUT2D eigenvalue weighted by atomic mass is 32.2. The van der Waals surface area contributed by atoms with Gasteiger partial charge in [0.25, 0.3) is 0 Å². The molecule has 0 saturated heterocycles. The van der Waals surface area contributed by atoms with Gasteiger partial charge >= 0.3 is 0 Å². The average Bonchev–Trinajstić information content (AvgIpc) is 3.25. The van der Waals surface area contributed by atoms with Crippen LogP contribution in [-0.2, 0) is 11.2 Å². The largest absolute Gasteiger partial charge is 0.311 e. The van der Waals surface area contributed by atoms with E-state index in [2.05, 4.69) is 39.8 Å². The summed E-state index contributed by atoms with van der Waals surface area (Å²) in [4.78, 5) is 14.8. The first-order valence-electron chi connectivity index (χ1n) is 9.59. The number of aromatic nitrogens is 4. The molecule has 0 N–H and O–H groups in total. The Kier molecular flexibility index (Phi) is 4.73. The molecule has 6 nitrogen and oxygen atoms in total. The predicted octanol–water partition coefficient (Wildman–Crippen LogP) is 3.89. The smallest absolute Gasteiger partial charge is 0.237 e. The van der Waals surface area contributed by atoms with Crippen LogP contribution in [0.25, 0.3) is 16.5 Å². The minimum absolute atomic E-state index is 0.0784. The molecule has 5 rings (SSSR count). The van der Waals surface area contributed by atoms with E-state index in [1.807, 2.05) is 47.4 Å². The van der Waals surface area contributed by atoms with Gasteiger partial charge in [-0.2, -0.15) is 4.68 Å². The van der Waals surface area contributed by atoms with Gasteiger partial charge < -0.3 is 4.90 Å². The zero-order chi connectivity index (χ0) is 19.6. The maximum Gasteiger partial charge on any atom is 0.237 e. The van der Waals surface area contributed by atoms with E-state index in [0.29, 0.717) is 10.9 Å². The number of nitrogens with zero attached hydrogens (tertiary/aromatic N) is 5. The molecule has 3 aromatic carbocycles. The first-order valence-corrected chi connectivity index (χ1v) is 10.6. The Morgan fingerprint density at radius 2 is 1.76 bits per heavy atom. The SMILES string of the molecule is O=C(CSc1nnnn1-c1cccc2ccccc12)N1CCCc2ccccc21. The summed E-state index contributed by atoms with van der Waals surface area (Å²) in [6.07, 6.45) is 2.01. The molecule has 7 heteroatoms. The van der Waals surface area contributed by atoms with E-state index in [4.69, 9.17) is 0 Å². The number of rotatable bonds is 4. The van der Waals surface area contributed by atoms with E-state index in [-0.39, 0.29) is 5.91 Å². The number of tetrazole rings is 1.